The second-order valence-electron chi connectivity index (χ2n) is 5.98. The van der Waals surface area contributed by atoms with E-state index >= 15 is 0 Å². The molecule has 3 rings (SSSR count). The number of carbonyl (C=O) groups is 2. The molecule has 0 heterocycles. The fraction of sp³-hybridized carbons (Fsp3) is 0.0455. The van der Waals surface area contributed by atoms with Crippen molar-refractivity contribution in [3.05, 3.63) is 94.0 Å². The third kappa shape index (κ3) is 5.52. The van der Waals surface area contributed by atoms with Gasteiger partial charge in [-0.25, -0.2) is 5.43 Å². The van der Waals surface area contributed by atoms with Gasteiger partial charge in [0.2, 0.25) is 0 Å². The van der Waals surface area contributed by atoms with Crippen molar-refractivity contribution >= 4 is 39.6 Å². The second-order valence-corrected chi connectivity index (χ2v) is 6.84. The lowest BCUT2D eigenvalue weighted by Gasteiger charge is -2.08. The average Bonchev–Trinajstić information content (AvgIpc) is 2.75. The number of hydrogen-bond donors (Lipinski definition) is 2. The Bertz CT molecular complexity index is 1050. The van der Waals surface area contributed by atoms with Gasteiger partial charge in [0, 0.05) is 26.9 Å². The highest BCUT2D eigenvalue weighted by molar-refractivity contribution is 9.10. The number of anilines is 1. The Morgan fingerprint density at radius 2 is 1.69 bits per heavy atom. The zero-order valence-electron chi connectivity index (χ0n) is 15.6. The van der Waals surface area contributed by atoms with Crippen LogP contribution in [0.4, 0.5) is 5.69 Å². The van der Waals surface area contributed by atoms with Gasteiger partial charge in [-0.2, -0.15) is 5.10 Å². The number of ether oxygens (including phenoxy) is 1. The number of nitrogens with zero attached hydrogens (tertiary/aromatic N) is 1. The first kappa shape index (κ1) is 20.3. The monoisotopic (exact) mass is 451 g/mol. The Hall–Kier alpha value is -3.45. The third-order valence-electron chi connectivity index (χ3n) is 4.01. The summed E-state index contributed by atoms with van der Waals surface area (Å²) in [7, 11) is 1.56. The van der Waals surface area contributed by atoms with Gasteiger partial charge in [-0.3, -0.25) is 9.59 Å². The molecule has 7 heteroatoms. The van der Waals surface area contributed by atoms with Crippen LogP contribution in [-0.2, 0) is 0 Å². The maximum atomic E-state index is 12.4. The van der Waals surface area contributed by atoms with Crippen molar-refractivity contribution < 1.29 is 14.3 Å². The summed E-state index contributed by atoms with van der Waals surface area (Å²) in [5.74, 6) is 0.00863. The maximum Gasteiger partial charge on any atom is 0.271 e. The SMILES string of the molecule is COc1ccc(C(=O)Nc2cccc(C(=O)N/N=C\c3ccccc3Br)c2)cc1. The molecular formula is C22H18BrN3O3. The van der Waals surface area contributed by atoms with E-state index in [-0.39, 0.29) is 11.8 Å². The molecule has 0 radical (unpaired) electrons. The maximum absolute atomic E-state index is 12.4. The van der Waals surface area contributed by atoms with Crippen LogP contribution in [0.2, 0.25) is 0 Å². The average molecular weight is 452 g/mol. The van der Waals surface area contributed by atoms with Crippen LogP contribution in [0.15, 0.2) is 82.4 Å². The van der Waals surface area contributed by atoms with Gasteiger partial charge in [0.15, 0.2) is 0 Å². The Morgan fingerprint density at radius 1 is 0.931 bits per heavy atom. The van der Waals surface area contributed by atoms with Crippen molar-refractivity contribution in [2.24, 2.45) is 5.10 Å². The fourth-order valence-electron chi connectivity index (χ4n) is 2.49. The van der Waals surface area contributed by atoms with Crippen molar-refractivity contribution in [1.29, 1.82) is 0 Å². The Balaban J connectivity index is 1.64. The van der Waals surface area contributed by atoms with E-state index < -0.39 is 0 Å². The number of benzene rings is 3. The number of amides is 2. The molecule has 0 aliphatic carbocycles. The molecule has 3 aromatic carbocycles. The molecule has 0 saturated carbocycles. The number of hydrogen-bond acceptors (Lipinski definition) is 4. The van der Waals surface area contributed by atoms with Gasteiger partial charge >= 0.3 is 0 Å². The third-order valence-corrected chi connectivity index (χ3v) is 4.73. The molecule has 2 N–H and O–H groups in total. The summed E-state index contributed by atoms with van der Waals surface area (Å²) in [4.78, 5) is 24.7. The minimum atomic E-state index is -0.381. The highest BCUT2D eigenvalue weighted by Gasteiger charge is 2.09. The first-order valence-corrected chi connectivity index (χ1v) is 9.49. The van der Waals surface area contributed by atoms with E-state index in [9.17, 15) is 9.59 Å². The van der Waals surface area contributed by atoms with E-state index in [1.807, 2.05) is 24.3 Å². The number of methoxy groups -OCH3 is 1. The van der Waals surface area contributed by atoms with Crippen molar-refractivity contribution in [3.63, 3.8) is 0 Å². The Kier molecular flexibility index (Phi) is 6.76. The molecule has 0 aromatic heterocycles. The lowest BCUT2D eigenvalue weighted by atomic mass is 10.1. The van der Waals surface area contributed by atoms with Gasteiger partial charge in [0.25, 0.3) is 11.8 Å². The van der Waals surface area contributed by atoms with E-state index in [1.165, 1.54) is 0 Å². The van der Waals surface area contributed by atoms with E-state index in [4.69, 9.17) is 4.74 Å². The lowest BCUT2D eigenvalue weighted by molar-refractivity contribution is 0.0953. The molecule has 0 atom stereocenters. The molecule has 0 fully saturated rings. The molecular weight excluding hydrogens is 434 g/mol. The lowest BCUT2D eigenvalue weighted by Crippen LogP contribution is -2.18. The van der Waals surface area contributed by atoms with Crippen LogP contribution in [0.5, 0.6) is 5.75 Å². The molecule has 29 heavy (non-hydrogen) atoms. The standard InChI is InChI=1S/C22H18BrN3O3/c1-29-19-11-9-15(10-12-19)21(27)25-18-7-4-6-16(13-18)22(28)26-24-14-17-5-2-3-8-20(17)23/h2-14H,1H3,(H,25,27)(H,26,28)/b24-14-. The molecule has 0 bridgehead atoms. The Labute approximate surface area is 176 Å². The van der Waals surface area contributed by atoms with Crippen LogP contribution in [0.3, 0.4) is 0 Å². The molecule has 6 nitrogen and oxygen atoms in total. The molecule has 0 aliphatic rings. The van der Waals surface area contributed by atoms with Gasteiger partial charge in [0.1, 0.15) is 5.75 Å². The van der Waals surface area contributed by atoms with Gasteiger partial charge in [-0.05, 0) is 48.5 Å². The summed E-state index contributed by atoms with van der Waals surface area (Å²) in [5.41, 5.74) is 4.69. The predicted molar refractivity (Wildman–Crippen MR) is 117 cm³/mol. The summed E-state index contributed by atoms with van der Waals surface area (Å²) < 4.78 is 5.96. The van der Waals surface area contributed by atoms with Crippen molar-refractivity contribution in [1.82, 2.24) is 5.43 Å². The van der Waals surface area contributed by atoms with Crippen molar-refractivity contribution in [2.45, 2.75) is 0 Å². The zero-order valence-corrected chi connectivity index (χ0v) is 17.1. The van der Waals surface area contributed by atoms with Crippen LogP contribution in [0.25, 0.3) is 0 Å². The topological polar surface area (TPSA) is 79.8 Å². The first-order chi connectivity index (χ1) is 14.1. The van der Waals surface area contributed by atoms with E-state index in [1.54, 1.807) is 61.9 Å². The highest BCUT2D eigenvalue weighted by Crippen LogP contribution is 2.16. The van der Waals surface area contributed by atoms with Gasteiger partial charge in [-0.1, -0.05) is 40.2 Å². The van der Waals surface area contributed by atoms with Crippen LogP contribution in [0.1, 0.15) is 26.3 Å². The summed E-state index contributed by atoms with van der Waals surface area (Å²) in [6, 6.07) is 20.9. The molecule has 3 aromatic rings. The largest absolute Gasteiger partial charge is 0.497 e. The van der Waals surface area contributed by atoms with Crippen LogP contribution in [-0.4, -0.2) is 25.1 Å². The number of hydrazone groups is 1. The van der Waals surface area contributed by atoms with Gasteiger partial charge in [-0.15, -0.1) is 0 Å². The minimum absolute atomic E-state index is 0.280. The molecule has 0 saturated heterocycles. The number of nitrogens with one attached hydrogen (secondary N) is 2. The summed E-state index contributed by atoms with van der Waals surface area (Å²) >= 11 is 3.42. The normalized spacial score (nSPS) is 10.6. The summed E-state index contributed by atoms with van der Waals surface area (Å²) in [6.45, 7) is 0. The van der Waals surface area contributed by atoms with Crippen molar-refractivity contribution in [2.75, 3.05) is 12.4 Å². The van der Waals surface area contributed by atoms with Crippen LogP contribution in [0, 0.1) is 0 Å². The van der Waals surface area contributed by atoms with Crippen molar-refractivity contribution in [3.8, 4) is 5.75 Å². The van der Waals surface area contributed by atoms with Crippen LogP contribution < -0.4 is 15.5 Å². The highest BCUT2D eigenvalue weighted by atomic mass is 79.9. The number of carbonyl (C=O) groups excluding carboxylic acids is 2. The summed E-state index contributed by atoms with van der Waals surface area (Å²) in [5, 5.41) is 6.76. The van der Waals surface area contributed by atoms with E-state index in [0.717, 1.165) is 10.0 Å². The van der Waals surface area contributed by atoms with Gasteiger partial charge < -0.3 is 10.1 Å². The molecule has 0 spiro atoms. The molecule has 0 aliphatic heterocycles. The van der Waals surface area contributed by atoms with E-state index in [0.29, 0.717) is 22.6 Å². The molecule has 2 amide bonds. The summed E-state index contributed by atoms with van der Waals surface area (Å²) in [6.07, 6.45) is 1.55. The Morgan fingerprint density at radius 3 is 2.41 bits per heavy atom. The fourth-order valence-corrected chi connectivity index (χ4v) is 2.88. The first-order valence-electron chi connectivity index (χ1n) is 8.70. The minimum Gasteiger partial charge on any atom is -0.497 e. The predicted octanol–water partition coefficient (Wildman–Crippen LogP) is 4.47. The van der Waals surface area contributed by atoms with Crippen LogP contribution >= 0.6 is 15.9 Å². The number of halogens is 1. The quantitative estimate of drug-likeness (QED) is 0.428. The van der Waals surface area contributed by atoms with Gasteiger partial charge in [0.05, 0.1) is 13.3 Å². The second kappa shape index (κ2) is 9.66. The van der Waals surface area contributed by atoms with E-state index in [2.05, 4.69) is 31.8 Å². The molecule has 0 unspecified atom stereocenters. The molecule has 146 valence electrons. The number of rotatable bonds is 6. The smallest absolute Gasteiger partial charge is 0.271 e. The zero-order chi connectivity index (χ0) is 20.6.